The second-order valence-corrected chi connectivity index (χ2v) is 5.58. The molecule has 0 fully saturated rings. The number of nitrogens with one attached hydrogen (secondary N) is 1. The smallest absolute Gasteiger partial charge is 0.273 e. The van der Waals surface area contributed by atoms with E-state index in [1.165, 1.54) is 13.2 Å². The number of hydrogen-bond donors (Lipinski definition) is 1. The summed E-state index contributed by atoms with van der Waals surface area (Å²) >= 11 is 0. The Balaban J connectivity index is 3.09. The number of methoxy groups -OCH3 is 1. The van der Waals surface area contributed by atoms with Gasteiger partial charge in [-0.3, -0.25) is 10.1 Å². The summed E-state index contributed by atoms with van der Waals surface area (Å²) in [4.78, 5) is 9.92. The Labute approximate surface area is 111 Å². The molecular formula is C11H16N2O5S. The third-order valence-electron chi connectivity index (χ3n) is 2.47. The van der Waals surface area contributed by atoms with Crippen LogP contribution < -0.4 is 9.46 Å². The van der Waals surface area contributed by atoms with Gasteiger partial charge in [0.2, 0.25) is 10.0 Å². The monoisotopic (exact) mass is 288 g/mol. The molecule has 0 aromatic heterocycles. The molecule has 0 amide bonds. The van der Waals surface area contributed by atoms with Gasteiger partial charge in [0.15, 0.2) is 0 Å². The third kappa shape index (κ3) is 3.90. The summed E-state index contributed by atoms with van der Waals surface area (Å²) in [6.07, 6.45) is 1.58. The molecule has 1 rings (SSSR count). The van der Waals surface area contributed by atoms with E-state index < -0.39 is 14.9 Å². The molecule has 8 heteroatoms. The van der Waals surface area contributed by atoms with Gasteiger partial charge in [0.1, 0.15) is 10.6 Å². The number of nitrogens with zero attached hydrogens (tertiary/aromatic N) is 1. The minimum absolute atomic E-state index is 0.0433. The van der Waals surface area contributed by atoms with Crippen molar-refractivity contribution in [1.82, 2.24) is 4.72 Å². The van der Waals surface area contributed by atoms with Gasteiger partial charge in [-0.1, -0.05) is 13.3 Å². The van der Waals surface area contributed by atoms with E-state index >= 15 is 0 Å². The average Bonchev–Trinajstić information content (AvgIpc) is 2.38. The summed E-state index contributed by atoms with van der Waals surface area (Å²) in [5.41, 5.74) is -0.218. The number of rotatable bonds is 7. The van der Waals surface area contributed by atoms with Crippen LogP contribution in [0.4, 0.5) is 5.69 Å². The molecule has 0 atom stereocenters. The first kappa shape index (κ1) is 15.4. The largest absolute Gasteiger partial charge is 0.495 e. The number of nitro groups is 1. The first-order valence-corrected chi connectivity index (χ1v) is 7.22. The van der Waals surface area contributed by atoms with Crippen molar-refractivity contribution in [1.29, 1.82) is 0 Å². The summed E-state index contributed by atoms with van der Waals surface area (Å²) in [5.74, 6) is -0.0433. The second-order valence-electron chi connectivity index (χ2n) is 3.84. The minimum atomic E-state index is -3.72. The Morgan fingerprint density at radius 1 is 1.42 bits per heavy atom. The maximum absolute atomic E-state index is 12.0. The molecule has 0 radical (unpaired) electrons. The summed E-state index contributed by atoms with van der Waals surface area (Å²) < 4.78 is 31.3. The molecule has 0 saturated carbocycles. The Kier molecular flexibility index (Phi) is 5.25. The fraction of sp³-hybridized carbons (Fsp3) is 0.455. The van der Waals surface area contributed by atoms with Crippen molar-refractivity contribution in [2.24, 2.45) is 0 Å². The molecule has 1 N–H and O–H groups in total. The van der Waals surface area contributed by atoms with Crippen molar-refractivity contribution in [3.63, 3.8) is 0 Å². The van der Waals surface area contributed by atoms with E-state index in [9.17, 15) is 18.5 Å². The lowest BCUT2D eigenvalue weighted by atomic mass is 10.3. The zero-order valence-electron chi connectivity index (χ0n) is 10.8. The Bertz CT molecular complexity index is 556. The van der Waals surface area contributed by atoms with Gasteiger partial charge in [-0.25, -0.2) is 13.1 Å². The molecule has 1 aromatic carbocycles. The van der Waals surface area contributed by atoms with Crippen LogP contribution in [0.3, 0.4) is 0 Å². The summed E-state index contributed by atoms with van der Waals surface area (Å²) in [5, 5.41) is 10.6. The first-order chi connectivity index (χ1) is 8.92. The van der Waals surface area contributed by atoms with Crippen molar-refractivity contribution in [2.45, 2.75) is 24.7 Å². The molecule has 0 aliphatic rings. The topological polar surface area (TPSA) is 98.5 Å². The van der Waals surface area contributed by atoms with Crippen molar-refractivity contribution in [3.05, 3.63) is 28.3 Å². The van der Waals surface area contributed by atoms with E-state index in [0.717, 1.165) is 18.6 Å². The van der Waals surface area contributed by atoms with Crippen LogP contribution in [0.15, 0.2) is 23.1 Å². The number of sulfonamides is 1. The molecule has 0 aliphatic heterocycles. The summed E-state index contributed by atoms with van der Waals surface area (Å²) in [6, 6.07) is 3.40. The predicted octanol–water partition coefficient (Wildman–Crippen LogP) is 1.68. The molecule has 0 bridgehead atoms. The molecule has 1 aromatic rings. The van der Waals surface area contributed by atoms with E-state index in [1.807, 2.05) is 6.92 Å². The predicted molar refractivity (Wildman–Crippen MR) is 69.7 cm³/mol. The second kappa shape index (κ2) is 6.48. The van der Waals surface area contributed by atoms with Crippen molar-refractivity contribution in [2.75, 3.05) is 13.7 Å². The van der Waals surface area contributed by atoms with Crippen LogP contribution in [0.2, 0.25) is 0 Å². The summed E-state index contributed by atoms with van der Waals surface area (Å²) in [7, 11) is -2.45. The van der Waals surface area contributed by atoms with E-state index in [4.69, 9.17) is 4.74 Å². The lowest BCUT2D eigenvalue weighted by molar-refractivity contribution is -0.385. The molecule has 106 valence electrons. The van der Waals surface area contributed by atoms with Crippen LogP contribution in [-0.2, 0) is 10.0 Å². The van der Waals surface area contributed by atoms with Crippen LogP contribution in [-0.4, -0.2) is 27.0 Å². The maximum Gasteiger partial charge on any atom is 0.273 e. The normalized spacial score (nSPS) is 11.3. The summed E-state index contributed by atoms with van der Waals surface area (Å²) in [6.45, 7) is 2.26. The number of nitro benzene ring substituents is 1. The van der Waals surface area contributed by atoms with Crippen molar-refractivity contribution >= 4 is 15.7 Å². The van der Waals surface area contributed by atoms with E-state index in [0.29, 0.717) is 13.0 Å². The number of benzene rings is 1. The van der Waals surface area contributed by atoms with Crippen LogP contribution in [0.1, 0.15) is 19.8 Å². The fourth-order valence-corrected chi connectivity index (χ4v) is 2.68. The zero-order valence-corrected chi connectivity index (χ0v) is 11.6. The quantitative estimate of drug-likeness (QED) is 0.467. The zero-order chi connectivity index (χ0) is 14.5. The Hall–Kier alpha value is -1.67. The van der Waals surface area contributed by atoms with Gasteiger partial charge in [-0.15, -0.1) is 0 Å². The maximum atomic E-state index is 12.0. The van der Waals surface area contributed by atoms with Gasteiger partial charge in [-0.05, 0) is 12.5 Å². The number of non-ortho nitro benzene ring substituents is 1. The highest BCUT2D eigenvalue weighted by Gasteiger charge is 2.21. The average molecular weight is 288 g/mol. The van der Waals surface area contributed by atoms with Crippen LogP contribution in [0.5, 0.6) is 5.75 Å². The molecular weight excluding hydrogens is 272 g/mol. The fourth-order valence-electron chi connectivity index (χ4n) is 1.45. The standard InChI is InChI=1S/C11H16N2O5S/c1-3-4-7-12-19(16,17)11-6-5-9(13(14)15)8-10(11)18-2/h5-6,8,12H,3-4,7H2,1-2H3. The highest BCUT2D eigenvalue weighted by molar-refractivity contribution is 7.89. The van der Waals surface area contributed by atoms with Gasteiger partial charge in [0.25, 0.3) is 5.69 Å². The third-order valence-corrected chi connectivity index (χ3v) is 3.97. The minimum Gasteiger partial charge on any atom is -0.495 e. The molecule has 19 heavy (non-hydrogen) atoms. The number of ether oxygens (including phenoxy) is 1. The van der Waals surface area contributed by atoms with Crippen molar-refractivity contribution in [3.8, 4) is 5.75 Å². The van der Waals surface area contributed by atoms with E-state index in [2.05, 4.69) is 4.72 Å². The lowest BCUT2D eigenvalue weighted by Crippen LogP contribution is -2.25. The van der Waals surface area contributed by atoms with E-state index in [1.54, 1.807) is 0 Å². The lowest BCUT2D eigenvalue weighted by Gasteiger charge is -2.10. The first-order valence-electron chi connectivity index (χ1n) is 5.74. The van der Waals surface area contributed by atoms with Crippen LogP contribution in [0.25, 0.3) is 0 Å². The molecule has 0 spiro atoms. The molecule has 0 unspecified atom stereocenters. The molecule has 0 saturated heterocycles. The molecule has 7 nitrogen and oxygen atoms in total. The number of unbranched alkanes of at least 4 members (excludes halogenated alkanes) is 1. The SMILES string of the molecule is CCCCNS(=O)(=O)c1ccc([N+](=O)[O-])cc1OC. The highest BCUT2D eigenvalue weighted by Crippen LogP contribution is 2.28. The van der Waals surface area contributed by atoms with Crippen LogP contribution in [0, 0.1) is 10.1 Å². The van der Waals surface area contributed by atoms with Crippen LogP contribution >= 0.6 is 0 Å². The Morgan fingerprint density at radius 3 is 2.63 bits per heavy atom. The van der Waals surface area contributed by atoms with Gasteiger partial charge in [0.05, 0.1) is 18.1 Å². The Morgan fingerprint density at radius 2 is 2.11 bits per heavy atom. The highest BCUT2D eigenvalue weighted by atomic mass is 32.2. The van der Waals surface area contributed by atoms with Crippen molar-refractivity contribution < 1.29 is 18.1 Å². The van der Waals surface area contributed by atoms with Gasteiger partial charge in [-0.2, -0.15) is 0 Å². The van der Waals surface area contributed by atoms with E-state index in [-0.39, 0.29) is 16.3 Å². The van der Waals surface area contributed by atoms with Gasteiger partial charge in [0, 0.05) is 12.6 Å². The van der Waals surface area contributed by atoms with Gasteiger partial charge < -0.3 is 4.74 Å². The number of hydrogen-bond acceptors (Lipinski definition) is 5. The van der Waals surface area contributed by atoms with Gasteiger partial charge >= 0.3 is 0 Å². The molecule has 0 aliphatic carbocycles. The molecule has 0 heterocycles.